The summed E-state index contributed by atoms with van der Waals surface area (Å²) in [6, 6.07) is 41.9. The fourth-order valence-corrected chi connectivity index (χ4v) is 8.71. The molecule has 0 aliphatic heterocycles. The van der Waals surface area contributed by atoms with Gasteiger partial charge in [-0.15, -0.1) is 0 Å². The zero-order chi connectivity index (χ0) is 34.3. The SMILES string of the molecule is CCCCCCc1ccc(/C=C/c2cc3ccc4cc(/C=C/c5ccc(CCCCC)cc5)c5ccc6ccc7ccc2c2c7c6c5c4c32)cc1. The van der Waals surface area contributed by atoms with Crippen LogP contribution in [0, 0.1) is 0 Å². The van der Waals surface area contributed by atoms with Crippen LogP contribution < -0.4 is 0 Å². The third-order valence-corrected chi connectivity index (χ3v) is 11.4. The van der Waals surface area contributed by atoms with E-state index in [4.69, 9.17) is 0 Å². The molecule has 0 nitrogen and oxygen atoms in total. The Morgan fingerprint density at radius 2 is 0.745 bits per heavy atom. The Hall–Kier alpha value is -5.20. The van der Waals surface area contributed by atoms with Crippen LogP contribution in [-0.4, -0.2) is 0 Å². The minimum absolute atomic E-state index is 1.17. The summed E-state index contributed by atoms with van der Waals surface area (Å²) in [7, 11) is 0. The van der Waals surface area contributed by atoms with Gasteiger partial charge in [-0.1, -0.05) is 167 Å². The molecule has 0 heteroatoms. The Morgan fingerprint density at radius 1 is 0.353 bits per heavy atom. The van der Waals surface area contributed by atoms with E-state index >= 15 is 0 Å². The number of rotatable bonds is 13. The van der Waals surface area contributed by atoms with Crippen LogP contribution in [0.4, 0.5) is 0 Å². The summed E-state index contributed by atoms with van der Waals surface area (Å²) >= 11 is 0. The lowest BCUT2D eigenvalue weighted by molar-refractivity contribution is 0.667. The normalized spacial score (nSPS) is 12.7. The molecule has 9 aromatic carbocycles. The van der Waals surface area contributed by atoms with Gasteiger partial charge in [-0.2, -0.15) is 0 Å². The van der Waals surface area contributed by atoms with Gasteiger partial charge in [-0.05, 0) is 136 Å². The Bertz CT molecular complexity index is 2630. The number of hydrogen-bond donors (Lipinski definition) is 0. The lowest BCUT2D eigenvalue weighted by atomic mass is 9.80. The van der Waals surface area contributed by atoms with Crippen molar-refractivity contribution in [3.05, 3.63) is 143 Å². The van der Waals surface area contributed by atoms with Crippen LogP contribution in [0.2, 0.25) is 0 Å². The summed E-state index contributed by atoms with van der Waals surface area (Å²) in [6.07, 6.45) is 20.7. The van der Waals surface area contributed by atoms with Gasteiger partial charge in [0.25, 0.3) is 0 Å². The van der Waals surface area contributed by atoms with E-state index in [1.54, 1.807) is 0 Å². The molecule has 51 heavy (non-hydrogen) atoms. The highest BCUT2D eigenvalue weighted by Gasteiger charge is 2.22. The molecule has 0 amide bonds. The van der Waals surface area contributed by atoms with Gasteiger partial charge in [0.05, 0.1) is 0 Å². The molecule has 0 saturated heterocycles. The zero-order valence-electron chi connectivity index (χ0n) is 30.1. The van der Waals surface area contributed by atoms with Crippen molar-refractivity contribution in [3.8, 4) is 0 Å². The lowest BCUT2D eigenvalue weighted by Gasteiger charge is -2.22. The fraction of sp³-hybridized carbons (Fsp3) is 0.216. The van der Waals surface area contributed by atoms with Crippen molar-refractivity contribution in [2.24, 2.45) is 0 Å². The molecular formula is C51H46. The van der Waals surface area contributed by atoms with Crippen molar-refractivity contribution in [2.45, 2.75) is 71.6 Å². The predicted molar refractivity (Wildman–Crippen MR) is 227 cm³/mol. The molecule has 250 valence electrons. The number of unbranched alkanes of at least 4 members (excludes halogenated alkanes) is 5. The maximum Gasteiger partial charge on any atom is -0.000785 e. The summed E-state index contributed by atoms with van der Waals surface area (Å²) in [6.45, 7) is 4.55. The second-order valence-electron chi connectivity index (χ2n) is 14.8. The van der Waals surface area contributed by atoms with E-state index in [9.17, 15) is 0 Å². The van der Waals surface area contributed by atoms with Crippen LogP contribution in [0.1, 0.15) is 92.2 Å². The Kier molecular flexibility index (Phi) is 8.40. The monoisotopic (exact) mass is 658 g/mol. The van der Waals surface area contributed by atoms with E-state index in [2.05, 4.69) is 147 Å². The summed E-state index contributed by atoms with van der Waals surface area (Å²) in [5.41, 5.74) is 7.95. The van der Waals surface area contributed by atoms with Gasteiger partial charge in [0, 0.05) is 0 Å². The van der Waals surface area contributed by atoms with Crippen LogP contribution in [0.5, 0.6) is 0 Å². The quantitative estimate of drug-likeness (QED) is 0.0500. The maximum absolute atomic E-state index is 2.42. The van der Waals surface area contributed by atoms with E-state index in [-0.39, 0.29) is 0 Å². The zero-order valence-corrected chi connectivity index (χ0v) is 30.1. The molecule has 0 aliphatic carbocycles. The summed E-state index contributed by atoms with van der Waals surface area (Å²) in [5, 5.41) is 16.4. The third-order valence-electron chi connectivity index (χ3n) is 11.4. The molecular weight excluding hydrogens is 613 g/mol. The third kappa shape index (κ3) is 5.72. The van der Waals surface area contributed by atoms with E-state index in [0.717, 1.165) is 0 Å². The average molecular weight is 659 g/mol. The van der Waals surface area contributed by atoms with Crippen LogP contribution in [-0.2, 0) is 12.8 Å². The van der Waals surface area contributed by atoms with Crippen LogP contribution >= 0.6 is 0 Å². The predicted octanol–water partition coefficient (Wildman–Crippen LogP) is 15.1. The first-order chi connectivity index (χ1) is 25.2. The fourth-order valence-electron chi connectivity index (χ4n) is 8.71. The molecule has 0 atom stereocenters. The van der Waals surface area contributed by atoms with E-state index < -0.39 is 0 Å². The molecule has 0 aliphatic rings. The lowest BCUT2D eigenvalue weighted by Crippen LogP contribution is -1.95. The molecule has 0 radical (unpaired) electrons. The second-order valence-corrected chi connectivity index (χ2v) is 14.8. The first-order valence-electron chi connectivity index (χ1n) is 19.4. The molecule has 0 saturated carbocycles. The first kappa shape index (κ1) is 31.8. The van der Waals surface area contributed by atoms with Gasteiger partial charge in [-0.3, -0.25) is 0 Å². The smallest absolute Gasteiger partial charge is 0.000785 e. The standard InChI is InChI=1S/C51H46/c1-3-5-7-9-11-35-14-18-37(19-15-35)21-23-41-33-43-27-26-42-32-40(22-20-36-16-12-34(13-17-36)10-8-6-4-2)44-30-28-38-24-25-39-29-31-45(41)51-47(39)46(38)50(44)48(42)49(43)51/h12-33H,3-11H2,1-2H3/b22-20+,23-21+. The molecule has 0 spiro atoms. The van der Waals surface area contributed by atoms with Crippen molar-refractivity contribution in [1.29, 1.82) is 0 Å². The molecule has 9 aromatic rings. The number of hydrogen-bond acceptors (Lipinski definition) is 0. The van der Waals surface area contributed by atoms with Crippen LogP contribution in [0.15, 0.2) is 109 Å². The highest BCUT2D eigenvalue weighted by Crippen LogP contribution is 2.50. The van der Waals surface area contributed by atoms with Gasteiger partial charge < -0.3 is 0 Å². The molecule has 0 aromatic heterocycles. The van der Waals surface area contributed by atoms with Crippen molar-refractivity contribution in [3.63, 3.8) is 0 Å². The van der Waals surface area contributed by atoms with E-state index in [0.29, 0.717) is 0 Å². The van der Waals surface area contributed by atoms with Gasteiger partial charge in [-0.25, -0.2) is 0 Å². The summed E-state index contributed by atoms with van der Waals surface area (Å²) < 4.78 is 0. The van der Waals surface area contributed by atoms with Gasteiger partial charge in [0.1, 0.15) is 0 Å². The Balaban J connectivity index is 1.14. The highest BCUT2D eigenvalue weighted by molar-refractivity contribution is 6.45. The van der Waals surface area contributed by atoms with Crippen molar-refractivity contribution < 1.29 is 0 Å². The minimum Gasteiger partial charge on any atom is -0.0654 e. The van der Waals surface area contributed by atoms with E-state index in [1.165, 1.54) is 156 Å². The Labute approximate surface area is 302 Å². The van der Waals surface area contributed by atoms with E-state index in [1.807, 2.05) is 0 Å². The average Bonchev–Trinajstić information content (AvgIpc) is 3.17. The number of benzene rings is 9. The summed E-state index contributed by atoms with van der Waals surface area (Å²) in [5.74, 6) is 0. The number of aryl methyl sites for hydroxylation is 2. The van der Waals surface area contributed by atoms with Gasteiger partial charge >= 0.3 is 0 Å². The molecule has 0 N–H and O–H groups in total. The summed E-state index contributed by atoms with van der Waals surface area (Å²) in [4.78, 5) is 0. The molecule has 0 fully saturated rings. The van der Waals surface area contributed by atoms with Crippen LogP contribution in [0.25, 0.3) is 88.9 Å². The topological polar surface area (TPSA) is 0 Å². The van der Waals surface area contributed by atoms with Crippen LogP contribution in [0.3, 0.4) is 0 Å². The first-order valence-corrected chi connectivity index (χ1v) is 19.4. The van der Waals surface area contributed by atoms with Crippen molar-refractivity contribution in [1.82, 2.24) is 0 Å². The maximum atomic E-state index is 2.42. The highest BCUT2D eigenvalue weighted by atomic mass is 14.2. The van der Waals surface area contributed by atoms with Crippen molar-refractivity contribution >= 4 is 88.9 Å². The largest absolute Gasteiger partial charge is 0.0654 e. The molecule has 0 bridgehead atoms. The van der Waals surface area contributed by atoms with Gasteiger partial charge in [0.2, 0.25) is 0 Å². The van der Waals surface area contributed by atoms with Crippen molar-refractivity contribution in [2.75, 3.05) is 0 Å². The minimum atomic E-state index is 1.17. The molecule has 0 heterocycles. The van der Waals surface area contributed by atoms with Gasteiger partial charge in [0.15, 0.2) is 0 Å². The molecule has 9 rings (SSSR count). The molecule has 0 unspecified atom stereocenters. The Morgan fingerprint density at radius 3 is 1.22 bits per heavy atom. The second kappa shape index (κ2) is 13.5.